The topological polar surface area (TPSA) is 46.2 Å². The lowest BCUT2D eigenvalue weighted by atomic mass is 9.88. The van der Waals surface area contributed by atoms with Crippen LogP contribution in [-0.2, 0) is 0 Å². The second-order valence-electron chi connectivity index (χ2n) is 4.91. The minimum atomic E-state index is -1.00. The second kappa shape index (κ2) is 6.75. The number of hydrogen-bond acceptors (Lipinski definition) is 2. The molecule has 0 radical (unpaired) electrons. The number of aliphatic hydroxyl groups excluding tert-OH is 1. The SMILES string of the molecule is Cc1cccc(C(O)C(CN)c2cccc(Cl)c2F)c1Cl. The lowest BCUT2D eigenvalue weighted by Crippen LogP contribution is -2.21. The summed E-state index contributed by atoms with van der Waals surface area (Å²) in [5.74, 6) is -1.18. The highest BCUT2D eigenvalue weighted by molar-refractivity contribution is 6.32. The summed E-state index contributed by atoms with van der Waals surface area (Å²) in [5, 5.41) is 11.1. The molecule has 3 N–H and O–H groups in total. The molecule has 112 valence electrons. The Labute approximate surface area is 133 Å². The van der Waals surface area contributed by atoms with Crippen LogP contribution in [0.15, 0.2) is 36.4 Å². The summed E-state index contributed by atoms with van der Waals surface area (Å²) < 4.78 is 14.2. The molecule has 21 heavy (non-hydrogen) atoms. The van der Waals surface area contributed by atoms with Crippen molar-refractivity contribution in [3.05, 3.63) is 69.0 Å². The number of halogens is 3. The van der Waals surface area contributed by atoms with Crippen molar-refractivity contribution in [3.8, 4) is 0 Å². The summed E-state index contributed by atoms with van der Waals surface area (Å²) in [7, 11) is 0. The second-order valence-corrected chi connectivity index (χ2v) is 5.69. The molecule has 0 heterocycles. The number of nitrogens with two attached hydrogens (primary N) is 1. The first kappa shape index (κ1) is 16.2. The molecule has 0 amide bonds. The Morgan fingerprint density at radius 3 is 2.43 bits per heavy atom. The fraction of sp³-hybridized carbons (Fsp3) is 0.250. The number of rotatable bonds is 4. The van der Waals surface area contributed by atoms with Crippen molar-refractivity contribution in [2.75, 3.05) is 6.54 Å². The molecule has 0 aliphatic rings. The third kappa shape index (κ3) is 3.22. The lowest BCUT2D eigenvalue weighted by molar-refractivity contribution is 0.146. The number of aryl methyl sites for hydroxylation is 1. The minimum Gasteiger partial charge on any atom is -0.388 e. The molecule has 0 aliphatic carbocycles. The van der Waals surface area contributed by atoms with Crippen LogP contribution in [0.1, 0.15) is 28.7 Å². The number of benzene rings is 2. The molecule has 2 aromatic carbocycles. The number of hydrogen-bond donors (Lipinski definition) is 2. The van der Waals surface area contributed by atoms with Gasteiger partial charge in [-0.2, -0.15) is 0 Å². The molecule has 0 spiro atoms. The smallest absolute Gasteiger partial charge is 0.145 e. The maximum absolute atomic E-state index is 14.2. The van der Waals surface area contributed by atoms with Crippen molar-refractivity contribution in [1.29, 1.82) is 0 Å². The monoisotopic (exact) mass is 327 g/mol. The van der Waals surface area contributed by atoms with Gasteiger partial charge in [0.05, 0.1) is 11.1 Å². The van der Waals surface area contributed by atoms with Crippen LogP contribution in [0, 0.1) is 12.7 Å². The highest BCUT2D eigenvalue weighted by Gasteiger charge is 2.26. The van der Waals surface area contributed by atoms with Crippen LogP contribution in [0.4, 0.5) is 4.39 Å². The van der Waals surface area contributed by atoms with E-state index in [9.17, 15) is 9.50 Å². The van der Waals surface area contributed by atoms with E-state index < -0.39 is 17.8 Å². The molecule has 5 heteroatoms. The summed E-state index contributed by atoms with van der Waals surface area (Å²) in [6.07, 6.45) is -1.00. The molecule has 0 saturated carbocycles. The van der Waals surface area contributed by atoms with Crippen LogP contribution in [0.2, 0.25) is 10.0 Å². The Balaban J connectivity index is 2.46. The van der Waals surface area contributed by atoms with Gasteiger partial charge in [-0.05, 0) is 24.1 Å². The Bertz CT molecular complexity index is 648. The first-order chi connectivity index (χ1) is 9.97. The maximum Gasteiger partial charge on any atom is 0.145 e. The van der Waals surface area contributed by atoms with Gasteiger partial charge in [0.25, 0.3) is 0 Å². The fourth-order valence-electron chi connectivity index (χ4n) is 2.35. The summed E-state index contributed by atoms with van der Waals surface area (Å²) in [6, 6.07) is 10.0. The molecule has 2 rings (SSSR count). The van der Waals surface area contributed by atoms with Crippen LogP contribution in [0.3, 0.4) is 0 Å². The highest BCUT2D eigenvalue weighted by Crippen LogP contribution is 2.37. The Morgan fingerprint density at radius 1 is 1.14 bits per heavy atom. The normalized spacial score (nSPS) is 14.0. The molecule has 2 unspecified atom stereocenters. The van der Waals surface area contributed by atoms with E-state index in [0.29, 0.717) is 10.6 Å². The van der Waals surface area contributed by atoms with Gasteiger partial charge in [-0.1, -0.05) is 53.5 Å². The van der Waals surface area contributed by atoms with Crippen molar-refractivity contribution in [2.24, 2.45) is 5.73 Å². The quantitative estimate of drug-likeness (QED) is 0.883. The van der Waals surface area contributed by atoms with Crippen LogP contribution >= 0.6 is 23.2 Å². The van der Waals surface area contributed by atoms with Crippen molar-refractivity contribution < 1.29 is 9.50 Å². The van der Waals surface area contributed by atoms with Gasteiger partial charge < -0.3 is 10.8 Å². The van der Waals surface area contributed by atoms with Gasteiger partial charge in [0.1, 0.15) is 5.82 Å². The van der Waals surface area contributed by atoms with Gasteiger partial charge in [-0.3, -0.25) is 0 Å². The molecule has 0 saturated heterocycles. The van der Waals surface area contributed by atoms with Crippen molar-refractivity contribution in [2.45, 2.75) is 18.9 Å². The molecule has 2 nitrogen and oxygen atoms in total. The van der Waals surface area contributed by atoms with Crippen molar-refractivity contribution >= 4 is 23.2 Å². The molecule has 0 aliphatic heterocycles. The minimum absolute atomic E-state index is 0.00786. The average molecular weight is 328 g/mol. The van der Waals surface area contributed by atoms with Crippen LogP contribution in [0.5, 0.6) is 0 Å². The van der Waals surface area contributed by atoms with E-state index in [2.05, 4.69) is 0 Å². The first-order valence-electron chi connectivity index (χ1n) is 6.54. The van der Waals surface area contributed by atoms with Crippen LogP contribution in [0.25, 0.3) is 0 Å². The summed E-state index contributed by atoms with van der Waals surface area (Å²) in [4.78, 5) is 0. The maximum atomic E-state index is 14.2. The lowest BCUT2D eigenvalue weighted by Gasteiger charge is -2.24. The average Bonchev–Trinajstić information content (AvgIpc) is 2.47. The predicted molar refractivity (Wildman–Crippen MR) is 84.4 cm³/mol. The summed E-state index contributed by atoms with van der Waals surface area (Å²) in [5.41, 5.74) is 7.40. The third-order valence-corrected chi connectivity index (χ3v) is 4.36. The third-order valence-electron chi connectivity index (χ3n) is 3.56. The molecule has 2 aromatic rings. The van der Waals surface area contributed by atoms with Crippen molar-refractivity contribution in [3.63, 3.8) is 0 Å². The highest BCUT2D eigenvalue weighted by atomic mass is 35.5. The van der Waals surface area contributed by atoms with Gasteiger partial charge in [-0.15, -0.1) is 0 Å². The Kier molecular flexibility index (Phi) is 5.22. The van der Waals surface area contributed by atoms with Gasteiger partial charge in [0, 0.05) is 23.0 Å². The van der Waals surface area contributed by atoms with Gasteiger partial charge >= 0.3 is 0 Å². The number of aliphatic hydroxyl groups is 1. The van der Waals surface area contributed by atoms with E-state index in [1.807, 2.05) is 13.0 Å². The van der Waals surface area contributed by atoms with E-state index >= 15 is 0 Å². The van der Waals surface area contributed by atoms with Gasteiger partial charge in [-0.25, -0.2) is 4.39 Å². The van der Waals surface area contributed by atoms with E-state index in [1.54, 1.807) is 24.3 Å². The van der Waals surface area contributed by atoms with E-state index in [1.165, 1.54) is 6.07 Å². The van der Waals surface area contributed by atoms with Gasteiger partial charge in [0.15, 0.2) is 0 Å². The molecule has 2 atom stereocenters. The zero-order chi connectivity index (χ0) is 15.6. The first-order valence-corrected chi connectivity index (χ1v) is 7.30. The van der Waals surface area contributed by atoms with E-state index in [0.717, 1.165) is 5.56 Å². The summed E-state index contributed by atoms with van der Waals surface area (Å²) in [6.45, 7) is 1.92. The van der Waals surface area contributed by atoms with Gasteiger partial charge in [0.2, 0.25) is 0 Å². The van der Waals surface area contributed by atoms with Crippen LogP contribution in [-0.4, -0.2) is 11.7 Å². The van der Waals surface area contributed by atoms with E-state index in [4.69, 9.17) is 28.9 Å². The standard InChI is InChI=1S/C16H16Cl2FNO/c1-9-4-2-6-11(14(9)18)16(21)12(8-20)10-5-3-7-13(17)15(10)19/h2-7,12,16,21H,8,20H2,1H3. The zero-order valence-electron chi connectivity index (χ0n) is 11.5. The molecule has 0 fully saturated rings. The van der Waals surface area contributed by atoms with Crippen LogP contribution < -0.4 is 5.73 Å². The largest absolute Gasteiger partial charge is 0.388 e. The Morgan fingerprint density at radius 2 is 1.76 bits per heavy atom. The molecule has 0 bridgehead atoms. The molecular formula is C16H16Cl2FNO. The zero-order valence-corrected chi connectivity index (χ0v) is 13.0. The molecular weight excluding hydrogens is 312 g/mol. The Hall–Kier alpha value is -1.13. The molecule has 0 aromatic heterocycles. The predicted octanol–water partition coefficient (Wildman–Crippen LogP) is 4.22. The fourth-order valence-corrected chi connectivity index (χ4v) is 2.77. The summed E-state index contributed by atoms with van der Waals surface area (Å²) >= 11 is 12.0. The van der Waals surface area contributed by atoms with Crippen molar-refractivity contribution in [1.82, 2.24) is 0 Å². The van der Waals surface area contributed by atoms with E-state index in [-0.39, 0.29) is 17.1 Å².